The number of fused-ring (bicyclic) bond motifs is 1. The van der Waals surface area contributed by atoms with Crippen LogP contribution in [-0.4, -0.2) is 4.98 Å². The maximum Gasteiger partial charge on any atom is 0.0906 e. The Kier molecular flexibility index (Phi) is 2.85. The van der Waals surface area contributed by atoms with Gasteiger partial charge in [0.05, 0.1) is 15.6 Å². The first-order valence-electron chi connectivity index (χ1n) is 5.15. The molecule has 1 nitrogen and oxygen atoms in total. The number of rotatable bonds is 0. The van der Waals surface area contributed by atoms with Gasteiger partial charge in [0, 0.05) is 16.5 Å². The summed E-state index contributed by atoms with van der Waals surface area (Å²) < 4.78 is 0. The maximum absolute atomic E-state index is 6.24. The highest BCUT2D eigenvalue weighted by atomic mass is 35.5. The molecule has 1 heterocycles. The Morgan fingerprint density at radius 2 is 1.75 bits per heavy atom. The zero-order chi connectivity index (χ0) is 11.9. The molecule has 0 atom stereocenters. The van der Waals surface area contributed by atoms with Crippen LogP contribution in [-0.2, 0) is 5.41 Å². The van der Waals surface area contributed by atoms with Crippen LogP contribution in [0.5, 0.6) is 0 Å². The molecule has 2 rings (SSSR count). The predicted octanol–water partition coefficient (Wildman–Crippen LogP) is 4.84. The van der Waals surface area contributed by atoms with Gasteiger partial charge in [-0.05, 0) is 12.1 Å². The third-order valence-electron chi connectivity index (χ3n) is 2.51. The van der Waals surface area contributed by atoms with E-state index in [2.05, 4.69) is 25.8 Å². The number of aromatic nitrogens is 1. The Labute approximate surface area is 105 Å². The van der Waals surface area contributed by atoms with Gasteiger partial charge >= 0.3 is 0 Å². The van der Waals surface area contributed by atoms with Crippen molar-refractivity contribution in [2.24, 2.45) is 0 Å². The lowest BCUT2D eigenvalue weighted by atomic mass is 9.91. The molecule has 0 aliphatic rings. The van der Waals surface area contributed by atoms with Crippen molar-refractivity contribution >= 4 is 34.1 Å². The molecule has 0 bridgehead atoms. The van der Waals surface area contributed by atoms with Crippen LogP contribution in [0.1, 0.15) is 26.5 Å². The zero-order valence-electron chi connectivity index (χ0n) is 9.51. The van der Waals surface area contributed by atoms with Gasteiger partial charge in [-0.3, -0.25) is 4.98 Å². The molecule has 0 amide bonds. The molecule has 1 aromatic carbocycles. The average molecular weight is 254 g/mol. The summed E-state index contributed by atoms with van der Waals surface area (Å²) in [4.78, 5) is 4.59. The standard InChI is InChI=1S/C13H13Cl2N/c1-13(2,3)11-7-10(15)8-5-4-6-9(14)12(8)16-11/h4-7H,1-3H3. The zero-order valence-corrected chi connectivity index (χ0v) is 11.0. The first kappa shape index (κ1) is 11.7. The molecule has 0 aliphatic heterocycles. The van der Waals surface area contributed by atoms with E-state index in [0.29, 0.717) is 10.0 Å². The Hall–Kier alpha value is -0.790. The number of hydrogen-bond acceptors (Lipinski definition) is 1. The van der Waals surface area contributed by atoms with Gasteiger partial charge in [0.1, 0.15) is 0 Å². The van der Waals surface area contributed by atoms with Gasteiger partial charge in [0.15, 0.2) is 0 Å². The molecule has 0 saturated carbocycles. The van der Waals surface area contributed by atoms with Crippen LogP contribution >= 0.6 is 23.2 Å². The van der Waals surface area contributed by atoms with Crippen molar-refractivity contribution in [2.75, 3.05) is 0 Å². The summed E-state index contributed by atoms with van der Waals surface area (Å²) >= 11 is 12.4. The molecule has 0 N–H and O–H groups in total. The second kappa shape index (κ2) is 3.90. The number of hydrogen-bond donors (Lipinski definition) is 0. The number of benzene rings is 1. The van der Waals surface area contributed by atoms with Gasteiger partial charge in [-0.25, -0.2) is 0 Å². The van der Waals surface area contributed by atoms with E-state index in [9.17, 15) is 0 Å². The minimum atomic E-state index is -0.0308. The van der Waals surface area contributed by atoms with Gasteiger partial charge in [-0.1, -0.05) is 56.1 Å². The topological polar surface area (TPSA) is 12.9 Å². The molecule has 0 aliphatic carbocycles. The quantitative estimate of drug-likeness (QED) is 0.655. The summed E-state index contributed by atoms with van der Waals surface area (Å²) in [6.07, 6.45) is 0. The van der Waals surface area contributed by atoms with E-state index in [1.807, 2.05) is 24.3 Å². The summed E-state index contributed by atoms with van der Waals surface area (Å²) in [7, 11) is 0. The SMILES string of the molecule is CC(C)(C)c1cc(Cl)c2cccc(Cl)c2n1. The summed E-state index contributed by atoms with van der Waals surface area (Å²) in [6.45, 7) is 6.32. The summed E-state index contributed by atoms with van der Waals surface area (Å²) in [5, 5.41) is 2.25. The molecular weight excluding hydrogens is 241 g/mol. The minimum absolute atomic E-state index is 0.0308. The second-order valence-electron chi connectivity index (χ2n) is 4.88. The highest BCUT2D eigenvalue weighted by Gasteiger charge is 2.18. The van der Waals surface area contributed by atoms with Crippen molar-refractivity contribution in [1.82, 2.24) is 4.98 Å². The Morgan fingerprint density at radius 1 is 1.06 bits per heavy atom. The van der Waals surface area contributed by atoms with Crippen LogP contribution in [0.15, 0.2) is 24.3 Å². The summed E-state index contributed by atoms with van der Waals surface area (Å²) in [6, 6.07) is 7.57. The lowest BCUT2D eigenvalue weighted by Gasteiger charge is -2.19. The van der Waals surface area contributed by atoms with Gasteiger partial charge < -0.3 is 0 Å². The van der Waals surface area contributed by atoms with E-state index in [0.717, 1.165) is 16.6 Å². The average Bonchev–Trinajstić information content (AvgIpc) is 2.18. The number of para-hydroxylation sites is 1. The van der Waals surface area contributed by atoms with E-state index in [1.54, 1.807) is 0 Å². The normalized spacial score (nSPS) is 12.1. The van der Waals surface area contributed by atoms with Crippen molar-refractivity contribution in [3.05, 3.63) is 40.0 Å². The Balaban J connectivity index is 2.81. The van der Waals surface area contributed by atoms with Gasteiger partial charge in [-0.2, -0.15) is 0 Å². The number of nitrogens with zero attached hydrogens (tertiary/aromatic N) is 1. The van der Waals surface area contributed by atoms with Crippen LogP contribution in [0, 0.1) is 0 Å². The molecule has 0 saturated heterocycles. The van der Waals surface area contributed by atoms with Crippen molar-refractivity contribution in [1.29, 1.82) is 0 Å². The molecule has 0 spiro atoms. The van der Waals surface area contributed by atoms with Crippen molar-refractivity contribution in [2.45, 2.75) is 26.2 Å². The van der Waals surface area contributed by atoms with E-state index in [1.165, 1.54) is 0 Å². The third kappa shape index (κ3) is 2.02. The third-order valence-corrected chi connectivity index (χ3v) is 3.13. The van der Waals surface area contributed by atoms with Crippen molar-refractivity contribution in [3.63, 3.8) is 0 Å². The van der Waals surface area contributed by atoms with Gasteiger partial charge in [0.2, 0.25) is 0 Å². The lowest BCUT2D eigenvalue weighted by molar-refractivity contribution is 0.571. The fourth-order valence-corrected chi connectivity index (χ4v) is 2.03. The molecule has 0 unspecified atom stereocenters. The Morgan fingerprint density at radius 3 is 2.38 bits per heavy atom. The lowest BCUT2D eigenvalue weighted by Crippen LogP contribution is -2.13. The molecule has 0 fully saturated rings. The summed E-state index contributed by atoms with van der Waals surface area (Å²) in [5.41, 5.74) is 1.71. The first-order valence-corrected chi connectivity index (χ1v) is 5.90. The number of pyridine rings is 1. The molecule has 84 valence electrons. The summed E-state index contributed by atoms with van der Waals surface area (Å²) in [5.74, 6) is 0. The first-order chi connectivity index (χ1) is 7.39. The molecule has 1 aromatic heterocycles. The van der Waals surface area contributed by atoms with Crippen molar-refractivity contribution in [3.8, 4) is 0 Å². The van der Waals surface area contributed by atoms with E-state index in [-0.39, 0.29) is 5.41 Å². The fourth-order valence-electron chi connectivity index (χ4n) is 1.56. The minimum Gasteiger partial charge on any atom is -0.251 e. The van der Waals surface area contributed by atoms with Gasteiger partial charge in [0.25, 0.3) is 0 Å². The Bertz CT molecular complexity index is 541. The number of halogens is 2. The molecule has 16 heavy (non-hydrogen) atoms. The maximum atomic E-state index is 6.24. The van der Waals surface area contributed by atoms with Crippen molar-refractivity contribution < 1.29 is 0 Å². The van der Waals surface area contributed by atoms with Crippen LogP contribution in [0.2, 0.25) is 10.0 Å². The second-order valence-corrected chi connectivity index (χ2v) is 5.69. The van der Waals surface area contributed by atoms with Crippen LogP contribution in [0.4, 0.5) is 0 Å². The molecule has 0 radical (unpaired) electrons. The van der Waals surface area contributed by atoms with E-state index < -0.39 is 0 Å². The van der Waals surface area contributed by atoms with Crippen LogP contribution < -0.4 is 0 Å². The van der Waals surface area contributed by atoms with Crippen LogP contribution in [0.25, 0.3) is 10.9 Å². The van der Waals surface area contributed by atoms with Crippen LogP contribution in [0.3, 0.4) is 0 Å². The largest absolute Gasteiger partial charge is 0.251 e. The fraction of sp³-hybridized carbons (Fsp3) is 0.308. The highest BCUT2D eigenvalue weighted by Crippen LogP contribution is 2.31. The van der Waals surface area contributed by atoms with E-state index in [4.69, 9.17) is 23.2 Å². The molecular formula is C13H13Cl2N. The van der Waals surface area contributed by atoms with Gasteiger partial charge in [-0.15, -0.1) is 0 Å². The predicted molar refractivity (Wildman–Crippen MR) is 70.5 cm³/mol. The smallest absolute Gasteiger partial charge is 0.0906 e. The highest BCUT2D eigenvalue weighted by molar-refractivity contribution is 6.39. The monoisotopic (exact) mass is 253 g/mol. The van der Waals surface area contributed by atoms with E-state index >= 15 is 0 Å². The molecule has 3 heteroatoms. The molecule has 2 aromatic rings.